The molecule has 1 aromatic carbocycles. The van der Waals surface area contributed by atoms with E-state index in [9.17, 15) is 21.6 Å². The van der Waals surface area contributed by atoms with Gasteiger partial charge in [-0.05, 0) is 23.0 Å². The molecule has 1 atom stereocenters. The molecule has 1 aliphatic heterocycles. The Morgan fingerprint density at radius 3 is 2.36 bits per heavy atom. The van der Waals surface area contributed by atoms with Crippen molar-refractivity contribution in [3.05, 3.63) is 52.3 Å². The lowest BCUT2D eigenvalue weighted by molar-refractivity contribution is 0.0674. The van der Waals surface area contributed by atoms with E-state index in [1.807, 2.05) is 24.3 Å². The third-order valence-electron chi connectivity index (χ3n) is 5.67. The highest BCUT2D eigenvalue weighted by molar-refractivity contribution is 7.91. The number of aromatic nitrogens is 2. The number of benzene rings is 1. The molecular formula is C22H28ClN3O5S2. The number of halogens is 1. The zero-order chi connectivity index (χ0) is 24.6. The fourth-order valence-corrected chi connectivity index (χ4v) is 6.22. The summed E-state index contributed by atoms with van der Waals surface area (Å²) >= 11 is 6.18. The molecule has 180 valence electrons. The Morgan fingerprint density at radius 1 is 1.21 bits per heavy atom. The highest BCUT2D eigenvalue weighted by Crippen LogP contribution is 2.26. The van der Waals surface area contributed by atoms with Gasteiger partial charge in [0, 0.05) is 12.6 Å². The average molecular weight is 514 g/mol. The lowest BCUT2D eigenvalue weighted by Gasteiger charge is -2.29. The minimum Gasteiger partial charge on any atom is -0.329 e. The standard InChI is InChI=1S/C22H28ClN3O5S2/c1-5-33(30,31)21-24-12-18(23)19(25-21)20(27)26(17-10-11-32(28,29)14-17)13-15-6-8-16(9-7-15)22(2,3)4/h6-9,12,17H,5,10-11,13-14H2,1-4H3. The smallest absolute Gasteiger partial charge is 0.274 e. The summed E-state index contributed by atoms with van der Waals surface area (Å²) in [5, 5.41) is -0.574. The van der Waals surface area contributed by atoms with Crippen molar-refractivity contribution in [3.63, 3.8) is 0 Å². The van der Waals surface area contributed by atoms with Crippen LogP contribution < -0.4 is 0 Å². The van der Waals surface area contributed by atoms with Crippen LogP contribution in [0.25, 0.3) is 0 Å². The lowest BCUT2D eigenvalue weighted by atomic mass is 9.86. The molecule has 0 saturated carbocycles. The van der Waals surface area contributed by atoms with Crippen molar-refractivity contribution < 1.29 is 21.6 Å². The maximum Gasteiger partial charge on any atom is 0.274 e. The van der Waals surface area contributed by atoms with Crippen molar-refractivity contribution >= 4 is 37.2 Å². The largest absolute Gasteiger partial charge is 0.329 e. The second-order valence-corrected chi connectivity index (χ2v) is 14.0. The van der Waals surface area contributed by atoms with Crippen LogP contribution in [0.3, 0.4) is 0 Å². The fraction of sp³-hybridized carbons (Fsp3) is 0.500. The maximum absolute atomic E-state index is 13.5. The molecule has 33 heavy (non-hydrogen) atoms. The van der Waals surface area contributed by atoms with Gasteiger partial charge in [0.1, 0.15) is 0 Å². The van der Waals surface area contributed by atoms with Gasteiger partial charge in [-0.15, -0.1) is 0 Å². The molecule has 0 aliphatic carbocycles. The SMILES string of the molecule is CCS(=O)(=O)c1ncc(Cl)c(C(=O)N(Cc2ccc(C(C)(C)C)cc2)C2CCS(=O)(=O)C2)n1. The second kappa shape index (κ2) is 9.31. The van der Waals surface area contributed by atoms with E-state index >= 15 is 0 Å². The molecule has 2 heterocycles. The number of hydrogen-bond donors (Lipinski definition) is 0. The van der Waals surface area contributed by atoms with Crippen molar-refractivity contribution in [3.8, 4) is 0 Å². The number of carbonyl (C=O) groups is 1. The van der Waals surface area contributed by atoms with Crippen LogP contribution >= 0.6 is 11.6 Å². The minimum absolute atomic E-state index is 0.0165. The number of amides is 1. The summed E-state index contributed by atoms with van der Waals surface area (Å²) in [5.41, 5.74) is 1.64. The molecule has 8 nitrogen and oxygen atoms in total. The zero-order valence-corrected chi connectivity index (χ0v) is 21.5. The number of sulfone groups is 2. The Balaban J connectivity index is 2.00. The Morgan fingerprint density at radius 2 is 1.85 bits per heavy atom. The Kier molecular flexibility index (Phi) is 7.21. The van der Waals surface area contributed by atoms with Gasteiger partial charge in [-0.1, -0.05) is 63.6 Å². The van der Waals surface area contributed by atoms with Crippen molar-refractivity contribution in [1.82, 2.24) is 14.9 Å². The van der Waals surface area contributed by atoms with Crippen molar-refractivity contribution in [2.45, 2.75) is 57.3 Å². The molecule has 1 saturated heterocycles. The van der Waals surface area contributed by atoms with Gasteiger partial charge in [0.05, 0.1) is 28.5 Å². The number of rotatable bonds is 6. The van der Waals surface area contributed by atoms with Crippen molar-refractivity contribution in [2.75, 3.05) is 17.3 Å². The van der Waals surface area contributed by atoms with Crippen molar-refractivity contribution in [2.24, 2.45) is 0 Å². The topological polar surface area (TPSA) is 114 Å². The Labute approximate surface area is 200 Å². The molecular weight excluding hydrogens is 486 g/mol. The van der Waals surface area contributed by atoms with E-state index < -0.39 is 36.8 Å². The van der Waals surface area contributed by atoms with Gasteiger partial charge >= 0.3 is 0 Å². The van der Waals surface area contributed by atoms with Crippen LogP contribution in [0.5, 0.6) is 0 Å². The molecule has 1 aliphatic rings. The first-order valence-electron chi connectivity index (χ1n) is 10.6. The van der Waals surface area contributed by atoms with E-state index in [0.717, 1.165) is 17.3 Å². The van der Waals surface area contributed by atoms with Crippen LogP contribution in [0, 0.1) is 0 Å². The number of nitrogens with zero attached hydrogens (tertiary/aromatic N) is 3. The summed E-state index contributed by atoms with van der Waals surface area (Å²) in [5.74, 6) is -1.04. The second-order valence-electron chi connectivity index (χ2n) is 9.19. The van der Waals surface area contributed by atoms with Crippen molar-refractivity contribution in [1.29, 1.82) is 0 Å². The fourth-order valence-electron chi connectivity index (χ4n) is 3.61. The lowest BCUT2D eigenvalue weighted by Crippen LogP contribution is -2.41. The molecule has 2 aromatic rings. The maximum atomic E-state index is 13.5. The molecule has 1 aromatic heterocycles. The average Bonchev–Trinajstić information content (AvgIpc) is 3.10. The molecule has 0 N–H and O–H groups in total. The molecule has 0 radical (unpaired) electrons. The van der Waals surface area contributed by atoms with Gasteiger partial charge in [0.2, 0.25) is 15.0 Å². The molecule has 0 bridgehead atoms. The van der Waals surface area contributed by atoms with Crippen LogP contribution in [0.2, 0.25) is 5.02 Å². The third-order valence-corrected chi connectivity index (χ3v) is 9.21. The minimum atomic E-state index is -3.76. The van der Waals surface area contributed by atoms with Crippen LogP contribution in [0.15, 0.2) is 35.6 Å². The quantitative estimate of drug-likeness (QED) is 0.545. The van der Waals surface area contributed by atoms with Crippen LogP contribution in [-0.2, 0) is 31.6 Å². The Hall–Kier alpha value is -2.04. The summed E-state index contributed by atoms with van der Waals surface area (Å²) in [6.45, 7) is 7.88. The first kappa shape index (κ1) is 25.6. The molecule has 1 fully saturated rings. The van der Waals surface area contributed by atoms with Gasteiger partial charge in [0.25, 0.3) is 5.91 Å². The summed E-state index contributed by atoms with van der Waals surface area (Å²) in [6.07, 6.45) is 1.38. The van der Waals surface area contributed by atoms with Gasteiger partial charge in [-0.3, -0.25) is 4.79 Å². The first-order chi connectivity index (χ1) is 15.2. The van der Waals surface area contributed by atoms with Crippen LogP contribution in [0.1, 0.15) is 55.7 Å². The van der Waals surface area contributed by atoms with Crippen LogP contribution in [0.4, 0.5) is 0 Å². The van der Waals surface area contributed by atoms with E-state index in [-0.39, 0.29) is 46.4 Å². The molecule has 0 spiro atoms. The van der Waals surface area contributed by atoms with Gasteiger partial charge in [0.15, 0.2) is 15.5 Å². The third kappa shape index (κ3) is 5.91. The van der Waals surface area contributed by atoms with E-state index in [1.165, 1.54) is 11.8 Å². The first-order valence-corrected chi connectivity index (χ1v) is 14.4. The van der Waals surface area contributed by atoms with Crippen LogP contribution in [-0.4, -0.2) is 60.9 Å². The molecule has 11 heteroatoms. The number of carbonyl (C=O) groups excluding carboxylic acids is 1. The molecule has 1 amide bonds. The summed E-state index contributed by atoms with van der Waals surface area (Å²) in [6, 6.07) is 7.19. The van der Waals surface area contributed by atoms with E-state index in [1.54, 1.807) is 0 Å². The molecule has 1 unspecified atom stereocenters. The highest BCUT2D eigenvalue weighted by atomic mass is 35.5. The van der Waals surface area contributed by atoms with Gasteiger partial charge in [-0.2, -0.15) is 0 Å². The zero-order valence-electron chi connectivity index (χ0n) is 19.1. The van der Waals surface area contributed by atoms with Gasteiger partial charge < -0.3 is 4.90 Å². The highest BCUT2D eigenvalue weighted by Gasteiger charge is 2.36. The monoisotopic (exact) mass is 513 g/mol. The summed E-state index contributed by atoms with van der Waals surface area (Å²) < 4.78 is 48.7. The molecule has 3 rings (SSSR count). The Bertz CT molecular complexity index is 1250. The van der Waals surface area contributed by atoms with E-state index in [4.69, 9.17) is 11.6 Å². The predicted molar refractivity (Wildman–Crippen MR) is 127 cm³/mol. The normalized spacial score (nSPS) is 18.3. The summed E-state index contributed by atoms with van der Waals surface area (Å²) in [4.78, 5) is 22.7. The summed E-state index contributed by atoms with van der Waals surface area (Å²) in [7, 11) is -7.03. The van der Waals surface area contributed by atoms with E-state index in [0.29, 0.717) is 0 Å². The van der Waals surface area contributed by atoms with E-state index in [2.05, 4.69) is 30.7 Å². The number of hydrogen-bond acceptors (Lipinski definition) is 7. The predicted octanol–water partition coefficient (Wildman–Crippen LogP) is 3.05. The van der Waals surface area contributed by atoms with Gasteiger partial charge in [-0.25, -0.2) is 26.8 Å².